The molecule has 1 saturated heterocycles. The van der Waals surface area contributed by atoms with E-state index >= 15 is 0 Å². The standard InChI is InChI=1S/C12H22N4O3/c1-9-8-19-12(7-17)6-15(9)4-11(18)5-16-3-10(13)2-14-16/h2-3,9,11-12,17-18H,4-8,13H2,1H3. The predicted octanol–water partition coefficient (Wildman–Crippen LogP) is -1.09. The van der Waals surface area contributed by atoms with Gasteiger partial charge in [0.1, 0.15) is 0 Å². The molecule has 1 aliphatic heterocycles. The van der Waals surface area contributed by atoms with Crippen LogP contribution in [0.1, 0.15) is 6.92 Å². The van der Waals surface area contributed by atoms with Crippen LogP contribution in [0.15, 0.2) is 12.4 Å². The van der Waals surface area contributed by atoms with Gasteiger partial charge in [-0.2, -0.15) is 5.10 Å². The Morgan fingerprint density at radius 1 is 1.58 bits per heavy atom. The maximum absolute atomic E-state index is 10.1. The Hall–Kier alpha value is -1.15. The molecule has 1 fully saturated rings. The zero-order valence-corrected chi connectivity index (χ0v) is 11.1. The fourth-order valence-corrected chi connectivity index (χ4v) is 2.26. The van der Waals surface area contributed by atoms with Gasteiger partial charge in [0.2, 0.25) is 0 Å². The lowest BCUT2D eigenvalue weighted by Crippen LogP contribution is -2.52. The highest BCUT2D eigenvalue weighted by atomic mass is 16.5. The third-order valence-electron chi connectivity index (χ3n) is 3.33. The van der Waals surface area contributed by atoms with Gasteiger partial charge in [0.15, 0.2) is 0 Å². The van der Waals surface area contributed by atoms with E-state index in [0.29, 0.717) is 31.9 Å². The monoisotopic (exact) mass is 270 g/mol. The molecule has 2 heterocycles. The summed E-state index contributed by atoms with van der Waals surface area (Å²) in [6, 6.07) is 0.236. The van der Waals surface area contributed by atoms with Crippen molar-refractivity contribution in [2.45, 2.75) is 31.7 Å². The van der Waals surface area contributed by atoms with E-state index in [4.69, 9.17) is 15.6 Å². The molecule has 1 aliphatic rings. The Morgan fingerprint density at radius 3 is 3.00 bits per heavy atom. The topological polar surface area (TPSA) is 96.8 Å². The minimum absolute atomic E-state index is 0.00893. The first-order chi connectivity index (χ1) is 9.08. The number of aliphatic hydroxyl groups excluding tert-OH is 2. The van der Waals surface area contributed by atoms with Crippen molar-refractivity contribution in [2.75, 3.05) is 32.0 Å². The van der Waals surface area contributed by atoms with Gasteiger partial charge in [0.05, 0.1) is 43.9 Å². The van der Waals surface area contributed by atoms with Crippen LogP contribution in [0.25, 0.3) is 0 Å². The highest BCUT2D eigenvalue weighted by Gasteiger charge is 2.27. The van der Waals surface area contributed by atoms with Crippen LogP contribution in [0.2, 0.25) is 0 Å². The fraction of sp³-hybridized carbons (Fsp3) is 0.750. The molecular weight excluding hydrogens is 248 g/mol. The number of ether oxygens (including phenoxy) is 1. The SMILES string of the molecule is CC1COC(CO)CN1CC(O)Cn1cc(N)cn1. The van der Waals surface area contributed by atoms with Gasteiger partial charge in [-0.25, -0.2) is 0 Å². The van der Waals surface area contributed by atoms with Crippen LogP contribution in [0.4, 0.5) is 5.69 Å². The zero-order valence-electron chi connectivity index (χ0n) is 11.1. The lowest BCUT2D eigenvalue weighted by Gasteiger charge is -2.38. The summed E-state index contributed by atoms with van der Waals surface area (Å²) in [7, 11) is 0. The molecule has 7 nitrogen and oxygen atoms in total. The second-order valence-corrected chi connectivity index (χ2v) is 5.09. The Bertz CT molecular complexity index is 398. The Morgan fingerprint density at radius 2 is 2.37 bits per heavy atom. The van der Waals surface area contributed by atoms with Crippen molar-refractivity contribution >= 4 is 5.69 Å². The van der Waals surface area contributed by atoms with Gasteiger partial charge in [-0.3, -0.25) is 9.58 Å². The van der Waals surface area contributed by atoms with Gasteiger partial charge in [-0.05, 0) is 6.92 Å². The van der Waals surface area contributed by atoms with Crippen LogP contribution < -0.4 is 5.73 Å². The third kappa shape index (κ3) is 3.90. The summed E-state index contributed by atoms with van der Waals surface area (Å²) < 4.78 is 7.10. The first kappa shape index (κ1) is 14.3. The van der Waals surface area contributed by atoms with E-state index in [1.165, 1.54) is 0 Å². The van der Waals surface area contributed by atoms with Crippen LogP contribution in [0.5, 0.6) is 0 Å². The molecule has 0 amide bonds. The van der Waals surface area contributed by atoms with Crippen LogP contribution in [0, 0.1) is 0 Å². The van der Waals surface area contributed by atoms with Crippen molar-refractivity contribution in [3.63, 3.8) is 0 Å². The third-order valence-corrected chi connectivity index (χ3v) is 3.33. The van der Waals surface area contributed by atoms with Gasteiger partial charge in [-0.15, -0.1) is 0 Å². The predicted molar refractivity (Wildman–Crippen MR) is 70.5 cm³/mol. The smallest absolute Gasteiger partial charge is 0.0933 e. The van der Waals surface area contributed by atoms with Crippen LogP contribution >= 0.6 is 0 Å². The summed E-state index contributed by atoms with van der Waals surface area (Å²) in [4.78, 5) is 2.13. The fourth-order valence-electron chi connectivity index (χ4n) is 2.26. The second kappa shape index (κ2) is 6.33. The van der Waals surface area contributed by atoms with E-state index in [1.807, 2.05) is 6.92 Å². The summed E-state index contributed by atoms with van der Waals surface area (Å²) in [5, 5.41) is 23.3. The first-order valence-corrected chi connectivity index (χ1v) is 6.51. The summed E-state index contributed by atoms with van der Waals surface area (Å²) in [5.41, 5.74) is 6.17. The van der Waals surface area contributed by atoms with E-state index in [9.17, 15) is 5.11 Å². The number of nitrogen functional groups attached to an aromatic ring is 1. The number of nitrogens with zero attached hydrogens (tertiary/aromatic N) is 3. The highest BCUT2D eigenvalue weighted by molar-refractivity contribution is 5.30. The number of rotatable bonds is 5. The molecule has 7 heteroatoms. The van der Waals surface area contributed by atoms with E-state index < -0.39 is 6.10 Å². The molecule has 0 aromatic carbocycles. The normalized spacial score (nSPS) is 26.5. The van der Waals surface area contributed by atoms with E-state index in [-0.39, 0.29) is 18.8 Å². The van der Waals surface area contributed by atoms with Crippen molar-refractivity contribution in [1.82, 2.24) is 14.7 Å². The Labute approximate surface area is 112 Å². The molecule has 1 aromatic rings. The number of aliphatic hydroxyl groups is 2. The summed E-state index contributed by atoms with van der Waals surface area (Å²) in [6.45, 7) is 4.20. The Balaban J connectivity index is 1.84. The maximum atomic E-state index is 10.1. The van der Waals surface area contributed by atoms with E-state index in [1.54, 1.807) is 17.1 Å². The number of hydrogen-bond acceptors (Lipinski definition) is 6. The first-order valence-electron chi connectivity index (χ1n) is 6.51. The van der Waals surface area contributed by atoms with Crippen LogP contribution in [0.3, 0.4) is 0 Å². The van der Waals surface area contributed by atoms with Gasteiger partial charge >= 0.3 is 0 Å². The molecule has 0 radical (unpaired) electrons. The molecule has 0 aliphatic carbocycles. The zero-order chi connectivity index (χ0) is 13.8. The van der Waals surface area contributed by atoms with Gasteiger partial charge in [0.25, 0.3) is 0 Å². The molecule has 3 atom stereocenters. The summed E-state index contributed by atoms with van der Waals surface area (Å²) in [5.74, 6) is 0. The highest BCUT2D eigenvalue weighted by Crippen LogP contribution is 2.12. The largest absolute Gasteiger partial charge is 0.396 e. The molecule has 3 unspecified atom stereocenters. The number of anilines is 1. The summed E-state index contributed by atoms with van der Waals surface area (Å²) >= 11 is 0. The number of hydrogen-bond donors (Lipinski definition) is 3. The van der Waals surface area contributed by atoms with E-state index in [2.05, 4.69) is 10.00 Å². The van der Waals surface area contributed by atoms with Crippen LogP contribution in [-0.4, -0.2) is 69.4 Å². The second-order valence-electron chi connectivity index (χ2n) is 5.09. The minimum atomic E-state index is -0.529. The summed E-state index contributed by atoms with van der Waals surface area (Å²) in [6.07, 6.45) is 2.57. The molecule has 1 aromatic heterocycles. The number of morpholine rings is 1. The Kier molecular flexibility index (Phi) is 4.76. The molecule has 4 N–H and O–H groups in total. The van der Waals surface area contributed by atoms with Crippen molar-refractivity contribution < 1.29 is 14.9 Å². The van der Waals surface area contributed by atoms with Crippen LogP contribution in [-0.2, 0) is 11.3 Å². The molecule has 0 spiro atoms. The van der Waals surface area contributed by atoms with Gasteiger partial charge < -0.3 is 20.7 Å². The van der Waals surface area contributed by atoms with Crippen molar-refractivity contribution in [1.29, 1.82) is 0 Å². The number of nitrogens with two attached hydrogens (primary N) is 1. The average molecular weight is 270 g/mol. The average Bonchev–Trinajstić information content (AvgIpc) is 2.77. The van der Waals surface area contributed by atoms with Crippen molar-refractivity contribution in [3.05, 3.63) is 12.4 Å². The number of aromatic nitrogens is 2. The lowest BCUT2D eigenvalue weighted by atomic mass is 10.1. The molecule has 0 saturated carbocycles. The van der Waals surface area contributed by atoms with E-state index in [0.717, 1.165) is 0 Å². The maximum Gasteiger partial charge on any atom is 0.0933 e. The molecule has 108 valence electrons. The molecular formula is C12H22N4O3. The molecule has 19 heavy (non-hydrogen) atoms. The van der Waals surface area contributed by atoms with Gasteiger partial charge in [0, 0.05) is 25.3 Å². The van der Waals surface area contributed by atoms with Crippen molar-refractivity contribution in [3.8, 4) is 0 Å². The molecule has 2 rings (SSSR count). The quantitative estimate of drug-likeness (QED) is 0.629. The van der Waals surface area contributed by atoms with Gasteiger partial charge in [-0.1, -0.05) is 0 Å². The number of β-amino-alcohol motifs (C(OH)–C–C–N with tert-alkyl or cyclic N) is 1. The lowest BCUT2D eigenvalue weighted by molar-refractivity contribution is -0.0876. The minimum Gasteiger partial charge on any atom is -0.396 e. The molecule has 0 bridgehead atoms. The van der Waals surface area contributed by atoms with Crippen molar-refractivity contribution in [2.24, 2.45) is 0 Å².